The van der Waals surface area contributed by atoms with E-state index in [9.17, 15) is 4.79 Å². The molecule has 0 aliphatic carbocycles. The number of carbonyl (C=O) groups excluding carboxylic acids is 1. The van der Waals surface area contributed by atoms with Crippen molar-refractivity contribution < 1.29 is 9.53 Å². The Hall–Kier alpha value is -2.50. The van der Waals surface area contributed by atoms with Gasteiger partial charge in [0.25, 0.3) is 5.91 Å². The molecule has 0 saturated heterocycles. The van der Waals surface area contributed by atoms with Gasteiger partial charge in [0.15, 0.2) is 6.61 Å². The van der Waals surface area contributed by atoms with Crippen LogP contribution < -0.4 is 15.8 Å². The summed E-state index contributed by atoms with van der Waals surface area (Å²) >= 11 is 0. The highest BCUT2D eigenvalue weighted by molar-refractivity contribution is 5.75. The van der Waals surface area contributed by atoms with E-state index in [0.29, 0.717) is 12.3 Å². The molecular weight excluding hydrogens is 256 g/mol. The molecule has 0 fully saturated rings. The third-order valence-corrected chi connectivity index (χ3v) is 2.74. The topological polar surface area (TPSA) is 82.2 Å². The maximum Gasteiger partial charge on any atom is 0.255 e. The number of rotatable bonds is 7. The van der Waals surface area contributed by atoms with E-state index in [1.165, 1.54) is 0 Å². The normalized spacial score (nSPS) is 10.2. The molecule has 6 heteroatoms. The van der Waals surface area contributed by atoms with Crippen LogP contribution in [0.3, 0.4) is 0 Å². The van der Waals surface area contributed by atoms with Crippen LogP contribution in [0.15, 0.2) is 36.7 Å². The van der Waals surface area contributed by atoms with E-state index in [2.05, 4.69) is 17.3 Å². The maximum atomic E-state index is 10.6. The summed E-state index contributed by atoms with van der Waals surface area (Å²) in [6, 6.07) is 7.36. The van der Waals surface area contributed by atoms with Crippen molar-refractivity contribution in [2.24, 2.45) is 5.73 Å². The lowest BCUT2D eigenvalue weighted by molar-refractivity contribution is -0.119. The molecule has 0 aliphatic heterocycles. The number of primary amides is 1. The molecule has 1 aromatic carbocycles. The van der Waals surface area contributed by atoms with Crippen molar-refractivity contribution in [3.8, 4) is 5.75 Å². The quantitative estimate of drug-likeness (QED) is 0.799. The number of aromatic nitrogens is 2. The number of benzene rings is 1. The number of hydrogen-bond acceptors (Lipinski definition) is 4. The number of carbonyl (C=O) groups is 1. The lowest BCUT2D eigenvalue weighted by Gasteiger charge is -2.07. The molecule has 3 N–H and O–H groups in total. The summed E-state index contributed by atoms with van der Waals surface area (Å²) < 4.78 is 7.07. The van der Waals surface area contributed by atoms with Gasteiger partial charge in [0.1, 0.15) is 5.75 Å². The van der Waals surface area contributed by atoms with Gasteiger partial charge in [-0.1, -0.05) is 0 Å². The Bertz CT molecular complexity index is 563. The highest BCUT2D eigenvalue weighted by atomic mass is 16.5. The Kier molecular flexibility index (Phi) is 4.60. The minimum absolute atomic E-state index is 0.108. The number of hydrogen-bond donors (Lipinski definition) is 2. The Morgan fingerprint density at radius 3 is 2.75 bits per heavy atom. The van der Waals surface area contributed by atoms with Gasteiger partial charge in [-0.3, -0.25) is 9.48 Å². The first kappa shape index (κ1) is 13.9. The van der Waals surface area contributed by atoms with Crippen LogP contribution in [0.5, 0.6) is 5.75 Å². The minimum Gasteiger partial charge on any atom is -0.484 e. The SMILES string of the molecule is CCn1cc(CNc2ccc(OCC(N)=O)cc2)cn1. The van der Waals surface area contributed by atoms with Gasteiger partial charge in [-0.2, -0.15) is 5.10 Å². The third-order valence-electron chi connectivity index (χ3n) is 2.74. The molecule has 0 bridgehead atoms. The minimum atomic E-state index is -0.486. The second kappa shape index (κ2) is 6.60. The zero-order valence-corrected chi connectivity index (χ0v) is 11.4. The highest BCUT2D eigenvalue weighted by Crippen LogP contribution is 2.16. The van der Waals surface area contributed by atoms with Crippen LogP contribution in [0.25, 0.3) is 0 Å². The molecular formula is C14H18N4O2. The molecule has 1 aromatic heterocycles. The molecule has 0 radical (unpaired) electrons. The Balaban J connectivity index is 1.85. The van der Waals surface area contributed by atoms with Gasteiger partial charge in [-0.25, -0.2) is 0 Å². The van der Waals surface area contributed by atoms with Crippen molar-refractivity contribution in [3.05, 3.63) is 42.2 Å². The van der Waals surface area contributed by atoms with E-state index < -0.39 is 5.91 Å². The molecule has 1 amide bonds. The van der Waals surface area contributed by atoms with Crippen molar-refractivity contribution in [2.45, 2.75) is 20.0 Å². The maximum absolute atomic E-state index is 10.6. The molecule has 0 unspecified atom stereocenters. The van der Waals surface area contributed by atoms with Gasteiger partial charge in [0, 0.05) is 30.5 Å². The average molecular weight is 274 g/mol. The van der Waals surface area contributed by atoms with Gasteiger partial charge >= 0.3 is 0 Å². The van der Waals surface area contributed by atoms with Crippen LogP contribution in [0.1, 0.15) is 12.5 Å². The fourth-order valence-electron chi connectivity index (χ4n) is 1.70. The van der Waals surface area contributed by atoms with Gasteiger partial charge in [-0.15, -0.1) is 0 Å². The predicted octanol–water partition coefficient (Wildman–Crippen LogP) is 1.38. The lowest BCUT2D eigenvalue weighted by atomic mass is 10.3. The molecule has 0 spiro atoms. The first-order chi connectivity index (χ1) is 9.67. The van der Waals surface area contributed by atoms with Gasteiger partial charge in [-0.05, 0) is 31.2 Å². The van der Waals surface area contributed by atoms with Crippen LogP contribution in [0, 0.1) is 0 Å². The molecule has 2 rings (SSSR count). The molecule has 2 aromatic rings. The number of ether oxygens (including phenoxy) is 1. The van der Waals surface area contributed by atoms with Crippen molar-refractivity contribution in [3.63, 3.8) is 0 Å². The summed E-state index contributed by atoms with van der Waals surface area (Å²) in [4.78, 5) is 10.6. The number of nitrogens with zero attached hydrogens (tertiary/aromatic N) is 2. The Morgan fingerprint density at radius 2 is 2.15 bits per heavy atom. The summed E-state index contributed by atoms with van der Waals surface area (Å²) in [5.74, 6) is 0.133. The van der Waals surface area contributed by atoms with E-state index in [4.69, 9.17) is 10.5 Å². The number of amides is 1. The first-order valence-corrected chi connectivity index (χ1v) is 6.43. The molecule has 0 saturated carbocycles. The number of aryl methyl sites for hydroxylation is 1. The summed E-state index contributed by atoms with van der Waals surface area (Å²) in [5.41, 5.74) is 7.11. The van der Waals surface area contributed by atoms with E-state index in [1.807, 2.05) is 29.2 Å². The number of nitrogens with one attached hydrogen (secondary N) is 1. The fourth-order valence-corrected chi connectivity index (χ4v) is 1.70. The van der Waals surface area contributed by atoms with Crippen LogP contribution in [0.4, 0.5) is 5.69 Å². The Labute approximate surface area is 117 Å². The third kappa shape index (κ3) is 4.01. The van der Waals surface area contributed by atoms with Gasteiger partial charge in [0.05, 0.1) is 6.20 Å². The van der Waals surface area contributed by atoms with Gasteiger partial charge in [0.2, 0.25) is 0 Å². The van der Waals surface area contributed by atoms with E-state index in [-0.39, 0.29) is 6.61 Å². The largest absolute Gasteiger partial charge is 0.484 e. The van der Waals surface area contributed by atoms with Crippen molar-refractivity contribution in [1.82, 2.24) is 9.78 Å². The lowest BCUT2D eigenvalue weighted by Crippen LogP contribution is -2.19. The van der Waals surface area contributed by atoms with Crippen LogP contribution in [-0.2, 0) is 17.9 Å². The summed E-state index contributed by atoms with van der Waals surface area (Å²) in [6.45, 7) is 3.52. The van der Waals surface area contributed by atoms with E-state index in [0.717, 1.165) is 17.8 Å². The monoisotopic (exact) mass is 274 g/mol. The van der Waals surface area contributed by atoms with E-state index in [1.54, 1.807) is 12.1 Å². The second-order valence-electron chi connectivity index (χ2n) is 4.34. The van der Waals surface area contributed by atoms with Gasteiger partial charge < -0.3 is 15.8 Å². The average Bonchev–Trinajstić information content (AvgIpc) is 2.92. The van der Waals surface area contributed by atoms with E-state index >= 15 is 0 Å². The fraction of sp³-hybridized carbons (Fsp3) is 0.286. The second-order valence-corrected chi connectivity index (χ2v) is 4.34. The van der Waals surface area contributed by atoms with Crippen molar-refractivity contribution >= 4 is 11.6 Å². The zero-order valence-electron chi connectivity index (χ0n) is 11.4. The van der Waals surface area contributed by atoms with Crippen LogP contribution in [-0.4, -0.2) is 22.3 Å². The predicted molar refractivity (Wildman–Crippen MR) is 76.4 cm³/mol. The molecule has 6 nitrogen and oxygen atoms in total. The summed E-state index contributed by atoms with van der Waals surface area (Å²) in [5, 5.41) is 7.50. The molecule has 0 aliphatic rings. The molecule has 0 atom stereocenters. The number of nitrogens with two attached hydrogens (primary N) is 1. The van der Waals surface area contributed by atoms with Crippen LogP contribution in [0.2, 0.25) is 0 Å². The molecule has 1 heterocycles. The molecule has 20 heavy (non-hydrogen) atoms. The standard InChI is InChI=1S/C14H18N4O2/c1-2-18-9-11(8-17-18)7-16-12-3-5-13(6-4-12)20-10-14(15)19/h3-6,8-9,16H,2,7,10H2,1H3,(H2,15,19). The first-order valence-electron chi connectivity index (χ1n) is 6.43. The van der Waals surface area contributed by atoms with Crippen LogP contribution >= 0.6 is 0 Å². The smallest absolute Gasteiger partial charge is 0.255 e. The summed E-state index contributed by atoms with van der Waals surface area (Å²) in [6.07, 6.45) is 3.86. The summed E-state index contributed by atoms with van der Waals surface area (Å²) in [7, 11) is 0. The number of anilines is 1. The highest BCUT2D eigenvalue weighted by Gasteiger charge is 2.00. The zero-order chi connectivity index (χ0) is 14.4. The Morgan fingerprint density at radius 1 is 1.40 bits per heavy atom. The molecule has 106 valence electrons. The van der Waals surface area contributed by atoms with Crippen molar-refractivity contribution in [2.75, 3.05) is 11.9 Å². The van der Waals surface area contributed by atoms with Crippen molar-refractivity contribution in [1.29, 1.82) is 0 Å².